The van der Waals surface area contributed by atoms with Gasteiger partial charge in [0, 0.05) is 59.9 Å². The van der Waals surface area contributed by atoms with Crippen LogP contribution < -0.4 is 4.90 Å². The van der Waals surface area contributed by atoms with Gasteiger partial charge in [-0.3, -0.25) is 19.2 Å². The Balaban J connectivity index is 0.00000648. The highest BCUT2D eigenvalue weighted by Crippen LogP contribution is 2.39. The van der Waals surface area contributed by atoms with E-state index in [1.807, 2.05) is 32.9 Å². The molecule has 0 saturated carbocycles. The Morgan fingerprint density at radius 3 is 2.06 bits per heavy atom. The molecule has 0 fully saturated rings. The molecular weight excluding hydrogens is 458 g/mol. The topological polar surface area (TPSA) is 90.0 Å². The molecule has 1 amide bonds. The van der Waals surface area contributed by atoms with E-state index in [0.717, 1.165) is 12.0 Å². The van der Waals surface area contributed by atoms with Crippen molar-refractivity contribution in [2.24, 2.45) is 5.41 Å². The van der Waals surface area contributed by atoms with Crippen molar-refractivity contribution in [2.45, 2.75) is 75.3 Å². The summed E-state index contributed by atoms with van der Waals surface area (Å²) in [7, 11) is 0. The van der Waals surface area contributed by atoms with Crippen LogP contribution in [0.2, 0.25) is 0 Å². The van der Waals surface area contributed by atoms with Gasteiger partial charge in [-0.1, -0.05) is 40.3 Å². The summed E-state index contributed by atoms with van der Waals surface area (Å²) in [4.78, 5) is 52.1. The van der Waals surface area contributed by atoms with Crippen LogP contribution in [0.15, 0.2) is 46.6 Å². The maximum atomic E-state index is 13.6. The second kappa shape index (κ2) is 13.3. The number of carbonyl (C=O) groups excluding carboxylic acids is 4. The number of rotatable bonds is 11. The van der Waals surface area contributed by atoms with Crippen LogP contribution in [0, 0.1) is 5.41 Å². The van der Waals surface area contributed by atoms with Crippen LogP contribution in [0.5, 0.6) is 0 Å². The van der Waals surface area contributed by atoms with Crippen LogP contribution in [0.1, 0.15) is 74.3 Å². The summed E-state index contributed by atoms with van der Waals surface area (Å²) in [6, 6.07) is 7.23. The maximum Gasteiger partial charge on any atom is 0.302 e. The highest BCUT2D eigenvalue weighted by atomic mass is 16.5. The van der Waals surface area contributed by atoms with E-state index >= 15 is 0 Å². The number of esters is 1. The Labute approximate surface area is 215 Å². The first-order valence-electron chi connectivity index (χ1n) is 12.0. The van der Waals surface area contributed by atoms with Crippen LogP contribution in [0.25, 0.3) is 0 Å². The molecule has 0 atom stereocenters. The number of amides is 1. The Morgan fingerprint density at radius 2 is 1.50 bits per heavy atom. The first-order valence-corrected chi connectivity index (χ1v) is 12.0. The summed E-state index contributed by atoms with van der Waals surface area (Å²) < 4.78 is 10.7. The molecule has 2 rings (SSSR count). The predicted octanol–water partition coefficient (Wildman–Crippen LogP) is 5.37. The molecule has 0 aliphatic heterocycles. The Kier molecular flexibility index (Phi) is 11.4. The lowest BCUT2D eigenvalue weighted by molar-refractivity contribution is -0.142. The molecule has 0 heterocycles. The molecule has 0 aromatic heterocycles. The van der Waals surface area contributed by atoms with Crippen LogP contribution in [-0.2, 0) is 35.3 Å². The quantitative estimate of drug-likeness (QED) is 0.231. The highest BCUT2D eigenvalue weighted by Gasteiger charge is 2.39. The van der Waals surface area contributed by atoms with Crippen LogP contribution in [-0.4, -0.2) is 43.2 Å². The maximum absolute atomic E-state index is 13.6. The minimum Gasteiger partial charge on any atom is -0.461 e. The molecule has 1 aromatic carbocycles. The van der Waals surface area contributed by atoms with Crippen molar-refractivity contribution >= 4 is 29.1 Å². The minimum atomic E-state index is -0.840. The summed E-state index contributed by atoms with van der Waals surface area (Å²) >= 11 is 0. The lowest BCUT2D eigenvalue weighted by Gasteiger charge is -2.33. The summed E-state index contributed by atoms with van der Waals surface area (Å²) in [5, 5.41) is 0. The van der Waals surface area contributed by atoms with E-state index in [1.54, 1.807) is 37.8 Å². The first-order chi connectivity index (χ1) is 16.4. The van der Waals surface area contributed by atoms with E-state index in [-0.39, 0.29) is 43.9 Å². The molecule has 1 aliphatic rings. The normalized spacial score (nSPS) is 14.1. The number of benzene rings is 1. The molecular formula is C29H41NO6. The molecule has 7 heteroatoms. The number of Topliss-reactive ketones (excluding diaryl/α,β-unsaturated/α-hetero) is 2. The van der Waals surface area contributed by atoms with Crippen molar-refractivity contribution in [3.8, 4) is 0 Å². The summed E-state index contributed by atoms with van der Waals surface area (Å²) in [5.41, 5.74) is 2.35. The minimum absolute atomic E-state index is 0. The number of carbonyl (C=O) groups is 4. The standard InChI is InChI=1S/C28H37NO6.CH4/c1-8-14-34-15-13-29(23-11-9-22(10-12-23)17-35-21(5)30)24(31)16-28(6,7)25-20(4)26(32)18(2)19(3)27(25)33;/h9-12H,8,13-17H2,1-7H3;1H4. The number of nitrogens with zero attached hydrogens (tertiary/aromatic N) is 1. The van der Waals surface area contributed by atoms with Gasteiger partial charge in [0.1, 0.15) is 6.61 Å². The Bertz CT molecular complexity index is 1050. The number of allylic oxidation sites excluding steroid dienone is 4. The number of ketones is 2. The lowest BCUT2D eigenvalue weighted by atomic mass is 9.71. The fourth-order valence-electron chi connectivity index (χ4n) is 4.23. The van der Waals surface area contributed by atoms with Crippen LogP contribution >= 0.6 is 0 Å². The number of ether oxygens (including phenoxy) is 2. The van der Waals surface area contributed by atoms with Crippen molar-refractivity contribution in [1.82, 2.24) is 0 Å². The lowest BCUT2D eigenvalue weighted by Crippen LogP contribution is -2.39. The molecule has 1 aromatic rings. The number of anilines is 1. The fourth-order valence-corrected chi connectivity index (χ4v) is 4.23. The molecule has 0 spiro atoms. The second-order valence-electron chi connectivity index (χ2n) is 9.57. The number of hydrogen-bond donors (Lipinski definition) is 0. The largest absolute Gasteiger partial charge is 0.461 e. The zero-order valence-electron chi connectivity index (χ0n) is 21.9. The SMILES string of the molecule is C.CCCOCCN(C(=O)CC(C)(C)C1=C(C)C(=O)C(C)=C(C)C1=O)c1ccc(COC(C)=O)cc1. The van der Waals surface area contributed by atoms with E-state index in [9.17, 15) is 19.2 Å². The fraction of sp³-hybridized carbons (Fsp3) is 0.517. The third-order valence-corrected chi connectivity index (χ3v) is 6.26. The van der Waals surface area contributed by atoms with Crippen molar-refractivity contribution < 1.29 is 28.7 Å². The molecule has 0 radical (unpaired) electrons. The summed E-state index contributed by atoms with van der Waals surface area (Å²) in [6.45, 7) is 13.5. The molecule has 0 unspecified atom stereocenters. The summed E-state index contributed by atoms with van der Waals surface area (Å²) in [6.07, 6.45) is 0.926. The summed E-state index contributed by atoms with van der Waals surface area (Å²) in [5.74, 6) is -0.857. The molecule has 7 nitrogen and oxygen atoms in total. The van der Waals surface area contributed by atoms with Gasteiger partial charge in [-0.25, -0.2) is 0 Å². The van der Waals surface area contributed by atoms with E-state index in [1.165, 1.54) is 6.92 Å². The van der Waals surface area contributed by atoms with Crippen molar-refractivity contribution in [1.29, 1.82) is 0 Å². The first kappa shape index (κ1) is 31.0. The van der Waals surface area contributed by atoms with Crippen LogP contribution in [0.3, 0.4) is 0 Å². The Morgan fingerprint density at radius 1 is 0.917 bits per heavy atom. The molecule has 0 N–H and O–H groups in total. The van der Waals surface area contributed by atoms with E-state index in [2.05, 4.69) is 0 Å². The Hall–Kier alpha value is -3.06. The average Bonchev–Trinajstić information content (AvgIpc) is 2.80. The van der Waals surface area contributed by atoms with Gasteiger partial charge < -0.3 is 14.4 Å². The van der Waals surface area contributed by atoms with Gasteiger partial charge in [0.25, 0.3) is 0 Å². The molecule has 198 valence electrons. The van der Waals surface area contributed by atoms with Crippen molar-refractivity contribution in [3.05, 3.63) is 52.1 Å². The van der Waals surface area contributed by atoms with E-state index in [0.29, 0.717) is 47.7 Å². The molecule has 0 saturated heterocycles. The van der Waals surface area contributed by atoms with Crippen LogP contribution in [0.4, 0.5) is 5.69 Å². The third kappa shape index (κ3) is 7.47. The number of hydrogen-bond acceptors (Lipinski definition) is 6. The van der Waals surface area contributed by atoms with Gasteiger partial charge in [-0.2, -0.15) is 0 Å². The van der Waals surface area contributed by atoms with E-state index < -0.39 is 5.41 Å². The molecule has 36 heavy (non-hydrogen) atoms. The highest BCUT2D eigenvalue weighted by molar-refractivity contribution is 6.25. The van der Waals surface area contributed by atoms with Gasteiger partial charge in [0.05, 0.1) is 6.61 Å². The molecule has 0 bridgehead atoms. The van der Waals surface area contributed by atoms with Gasteiger partial charge in [0.2, 0.25) is 5.91 Å². The molecule has 1 aliphatic carbocycles. The van der Waals surface area contributed by atoms with Gasteiger partial charge in [-0.05, 0) is 44.9 Å². The van der Waals surface area contributed by atoms with Crippen molar-refractivity contribution in [2.75, 3.05) is 24.7 Å². The monoisotopic (exact) mass is 499 g/mol. The van der Waals surface area contributed by atoms with Gasteiger partial charge in [-0.15, -0.1) is 0 Å². The smallest absolute Gasteiger partial charge is 0.302 e. The predicted molar refractivity (Wildman–Crippen MR) is 142 cm³/mol. The average molecular weight is 500 g/mol. The zero-order chi connectivity index (χ0) is 26.3. The van der Waals surface area contributed by atoms with E-state index in [4.69, 9.17) is 9.47 Å². The third-order valence-electron chi connectivity index (χ3n) is 6.26. The van der Waals surface area contributed by atoms with Gasteiger partial charge in [0.15, 0.2) is 11.6 Å². The van der Waals surface area contributed by atoms with Gasteiger partial charge >= 0.3 is 5.97 Å². The zero-order valence-corrected chi connectivity index (χ0v) is 21.9. The second-order valence-corrected chi connectivity index (χ2v) is 9.57. The van der Waals surface area contributed by atoms with Crippen molar-refractivity contribution in [3.63, 3.8) is 0 Å².